The van der Waals surface area contributed by atoms with Gasteiger partial charge in [0.2, 0.25) is 0 Å². The molecule has 0 spiro atoms. The van der Waals surface area contributed by atoms with E-state index in [1.165, 1.54) is 64.2 Å². The fraction of sp³-hybridized carbons (Fsp3) is 1.00. The molecule has 2 unspecified atom stereocenters. The van der Waals surface area contributed by atoms with Gasteiger partial charge in [-0.05, 0) is 64.5 Å². The van der Waals surface area contributed by atoms with Gasteiger partial charge in [0.15, 0.2) is 0 Å². The zero-order valence-electron chi connectivity index (χ0n) is 15.2. The molecule has 0 N–H and O–H groups in total. The number of hydrogen-bond acceptors (Lipinski definition) is 4. The second-order valence-electron chi connectivity index (χ2n) is 7.08. The predicted octanol–water partition coefficient (Wildman–Crippen LogP) is 3.67. The summed E-state index contributed by atoms with van der Waals surface area (Å²) in [6.07, 6.45) is 7.66. The molecule has 0 aliphatic carbocycles. The highest BCUT2D eigenvalue weighted by Crippen LogP contribution is 2.36. The minimum absolute atomic E-state index is 1.16. The third kappa shape index (κ3) is 4.02. The lowest BCUT2D eigenvalue weighted by atomic mass is 10.3. The maximum Gasteiger partial charge on any atom is 0.418 e. The highest BCUT2D eigenvalue weighted by Gasteiger charge is 2.55. The molecule has 0 radical (unpaired) electrons. The first-order chi connectivity index (χ1) is 10.6. The molecule has 0 bridgehead atoms. The molecule has 0 saturated carbocycles. The highest BCUT2D eigenvalue weighted by atomic mass is 28.5. The Bertz CT molecular complexity index is 348. The van der Waals surface area contributed by atoms with Crippen molar-refractivity contribution in [2.24, 2.45) is 0 Å². The van der Waals surface area contributed by atoms with Crippen LogP contribution >= 0.6 is 0 Å². The maximum atomic E-state index is 7.02. The molecule has 130 valence electrons. The first kappa shape index (κ1) is 18.6. The molecule has 0 amide bonds. The molecular weight excluding hydrogens is 308 g/mol. The van der Waals surface area contributed by atoms with Crippen molar-refractivity contribution >= 4 is 17.2 Å². The molecule has 2 rings (SSSR count). The smallest absolute Gasteiger partial charge is 0.411 e. The summed E-state index contributed by atoms with van der Waals surface area (Å²) in [7, 11) is -2.00. The Morgan fingerprint density at radius 1 is 0.909 bits per heavy atom. The molecule has 2 heterocycles. The Kier molecular flexibility index (Phi) is 7.10. The van der Waals surface area contributed by atoms with E-state index in [9.17, 15) is 0 Å². The van der Waals surface area contributed by atoms with E-state index < -0.39 is 17.2 Å². The van der Waals surface area contributed by atoms with E-state index in [1.807, 2.05) is 7.11 Å². The average Bonchev–Trinajstić information content (AvgIpc) is 3.07. The molecular formula is C16H36N2O2Si2. The van der Waals surface area contributed by atoms with Gasteiger partial charge in [0.25, 0.3) is 8.48 Å². The van der Waals surface area contributed by atoms with Crippen LogP contribution in [0.4, 0.5) is 0 Å². The summed E-state index contributed by atoms with van der Waals surface area (Å²) < 4.78 is 18.5. The van der Waals surface area contributed by atoms with E-state index in [1.54, 1.807) is 0 Å². The van der Waals surface area contributed by atoms with E-state index >= 15 is 0 Å². The fourth-order valence-electron chi connectivity index (χ4n) is 3.99. The van der Waals surface area contributed by atoms with Gasteiger partial charge in [-0.25, -0.2) is 0 Å². The van der Waals surface area contributed by atoms with Crippen LogP contribution < -0.4 is 0 Å². The Labute approximate surface area is 139 Å². The van der Waals surface area contributed by atoms with Gasteiger partial charge in [0.05, 0.1) is 0 Å². The molecule has 0 aromatic rings. The predicted molar refractivity (Wildman–Crippen MR) is 97.3 cm³/mol. The zero-order valence-corrected chi connectivity index (χ0v) is 17.2. The summed E-state index contributed by atoms with van der Waals surface area (Å²) >= 11 is 0. The van der Waals surface area contributed by atoms with Crippen LogP contribution in [0.2, 0.25) is 18.6 Å². The van der Waals surface area contributed by atoms with Crippen molar-refractivity contribution in [3.05, 3.63) is 0 Å². The average molecular weight is 345 g/mol. The van der Waals surface area contributed by atoms with Crippen molar-refractivity contribution in [1.29, 1.82) is 0 Å². The second-order valence-corrected chi connectivity index (χ2v) is 14.3. The Hall–Kier alpha value is 0.274. The third-order valence-electron chi connectivity index (χ3n) is 5.40. The summed E-state index contributed by atoms with van der Waals surface area (Å²) in [5.74, 6) is 0. The SMILES string of the molecule is CCCCN1CCC[Si]1(C)O[Si]1(OC)CCCN1CCCC. The standard InChI is InChI=1S/C16H36N2O2Si2/c1-5-7-11-17-13-9-15-21(17,4)20-22(19-3)16-10-14-18(22)12-8-6-2/h5-16H2,1-4H3. The van der Waals surface area contributed by atoms with Crippen molar-refractivity contribution in [3.63, 3.8) is 0 Å². The zero-order chi connectivity index (χ0) is 16.1. The van der Waals surface area contributed by atoms with E-state index in [0.717, 1.165) is 12.6 Å². The minimum atomic E-state index is -2.14. The van der Waals surface area contributed by atoms with Crippen LogP contribution in [0.5, 0.6) is 0 Å². The molecule has 2 aliphatic heterocycles. The van der Waals surface area contributed by atoms with Crippen LogP contribution in [0.1, 0.15) is 52.4 Å². The van der Waals surface area contributed by atoms with Gasteiger partial charge in [0.1, 0.15) is 0 Å². The van der Waals surface area contributed by atoms with Crippen LogP contribution in [0.3, 0.4) is 0 Å². The lowest BCUT2D eigenvalue weighted by molar-refractivity contribution is 0.207. The van der Waals surface area contributed by atoms with Crippen LogP contribution in [0.15, 0.2) is 0 Å². The van der Waals surface area contributed by atoms with E-state index in [4.69, 9.17) is 8.54 Å². The summed E-state index contributed by atoms with van der Waals surface area (Å²) in [5, 5.41) is 0. The fourth-order valence-corrected chi connectivity index (χ4v) is 13.7. The van der Waals surface area contributed by atoms with Crippen LogP contribution in [0, 0.1) is 0 Å². The van der Waals surface area contributed by atoms with Gasteiger partial charge in [0, 0.05) is 13.2 Å². The molecule has 2 atom stereocenters. The number of rotatable bonds is 9. The maximum absolute atomic E-state index is 7.02. The minimum Gasteiger partial charge on any atom is -0.411 e. The lowest BCUT2D eigenvalue weighted by Crippen LogP contribution is -2.63. The summed E-state index contributed by atoms with van der Waals surface area (Å²) in [6.45, 7) is 11.8. The van der Waals surface area contributed by atoms with Gasteiger partial charge in [-0.2, -0.15) is 0 Å². The largest absolute Gasteiger partial charge is 0.418 e. The van der Waals surface area contributed by atoms with Crippen LogP contribution in [0.25, 0.3) is 0 Å². The molecule has 6 heteroatoms. The topological polar surface area (TPSA) is 24.9 Å². The van der Waals surface area contributed by atoms with Gasteiger partial charge >= 0.3 is 8.72 Å². The van der Waals surface area contributed by atoms with Crippen LogP contribution in [-0.4, -0.2) is 59.6 Å². The van der Waals surface area contributed by atoms with Crippen molar-refractivity contribution in [1.82, 2.24) is 9.13 Å². The Morgan fingerprint density at radius 3 is 2.14 bits per heavy atom. The van der Waals surface area contributed by atoms with E-state index in [0.29, 0.717) is 0 Å². The Morgan fingerprint density at radius 2 is 1.50 bits per heavy atom. The van der Waals surface area contributed by atoms with Crippen molar-refractivity contribution in [2.45, 2.75) is 71.0 Å². The molecule has 4 nitrogen and oxygen atoms in total. The van der Waals surface area contributed by atoms with Gasteiger partial charge in [-0.15, -0.1) is 0 Å². The second kappa shape index (κ2) is 8.39. The number of nitrogens with zero attached hydrogens (tertiary/aromatic N) is 2. The normalized spacial score (nSPS) is 33.8. The monoisotopic (exact) mass is 344 g/mol. The first-order valence-electron chi connectivity index (χ1n) is 9.35. The quantitative estimate of drug-likeness (QED) is 0.596. The van der Waals surface area contributed by atoms with E-state index in [2.05, 4.69) is 29.5 Å². The summed E-state index contributed by atoms with van der Waals surface area (Å²) in [5.41, 5.74) is 0. The molecule has 2 aliphatic rings. The Balaban J connectivity index is 2.06. The highest BCUT2D eigenvalue weighted by molar-refractivity contribution is 6.81. The van der Waals surface area contributed by atoms with Crippen molar-refractivity contribution in [2.75, 3.05) is 33.3 Å². The van der Waals surface area contributed by atoms with E-state index in [-0.39, 0.29) is 0 Å². The third-order valence-corrected chi connectivity index (χ3v) is 14.5. The van der Waals surface area contributed by atoms with Crippen LogP contribution in [-0.2, 0) is 8.54 Å². The summed E-state index contributed by atoms with van der Waals surface area (Å²) in [6, 6.07) is 2.45. The van der Waals surface area contributed by atoms with Gasteiger partial charge in [-0.1, -0.05) is 26.7 Å². The van der Waals surface area contributed by atoms with Gasteiger partial charge < -0.3 is 13.1 Å². The summed E-state index contributed by atoms with van der Waals surface area (Å²) in [4.78, 5) is 0. The lowest BCUT2D eigenvalue weighted by Gasteiger charge is -2.42. The molecule has 0 aromatic heterocycles. The molecule has 22 heavy (non-hydrogen) atoms. The molecule has 2 saturated heterocycles. The number of unbranched alkanes of at least 4 members (excludes halogenated alkanes) is 2. The molecule has 2 fully saturated rings. The van der Waals surface area contributed by atoms with Gasteiger partial charge in [-0.3, -0.25) is 4.57 Å². The number of hydrogen-bond donors (Lipinski definition) is 0. The molecule has 0 aromatic carbocycles. The van der Waals surface area contributed by atoms with Crippen molar-refractivity contribution in [3.8, 4) is 0 Å². The van der Waals surface area contributed by atoms with Crippen molar-refractivity contribution < 1.29 is 8.54 Å². The first-order valence-corrected chi connectivity index (χ1v) is 13.9.